The van der Waals surface area contributed by atoms with Crippen LogP contribution in [0.5, 0.6) is 0 Å². The first-order valence-corrected chi connectivity index (χ1v) is 9.73. The summed E-state index contributed by atoms with van der Waals surface area (Å²) in [5, 5.41) is 22.0. The lowest BCUT2D eigenvalue weighted by atomic mass is 9.47. The number of carboxylic acid groups (broad SMARTS) is 1. The summed E-state index contributed by atoms with van der Waals surface area (Å²) in [4.78, 5) is 11.2. The fraction of sp³-hybridized carbons (Fsp3) is 0.850. The number of rotatable bonds is 1. The van der Waals surface area contributed by atoms with Gasteiger partial charge in [0.05, 0.1) is 6.10 Å². The van der Waals surface area contributed by atoms with Crippen molar-refractivity contribution in [3.63, 3.8) is 0 Å². The number of aliphatic hydroxyl groups is 1. The van der Waals surface area contributed by atoms with Gasteiger partial charge in [0.2, 0.25) is 0 Å². The topological polar surface area (TPSA) is 69.6 Å². The lowest BCUT2D eigenvalue weighted by Gasteiger charge is -2.58. The molecule has 0 bridgehead atoms. The van der Waals surface area contributed by atoms with Crippen LogP contribution in [-0.4, -0.2) is 28.5 Å². The number of allylic oxidation sites excluding steroid dienone is 1. The Balaban J connectivity index is 1.61. The summed E-state index contributed by atoms with van der Waals surface area (Å²) in [6.45, 7) is 4.77. The molecule has 4 aliphatic rings. The maximum absolute atomic E-state index is 11.2. The summed E-state index contributed by atoms with van der Waals surface area (Å²) in [6.07, 6.45) is 9.90. The molecule has 4 aliphatic carbocycles. The Kier molecular flexibility index (Phi) is 3.76. The molecule has 0 heterocycles. The number of carbonyl (C=O) groups is 1. The lowest BCUT2D eigenvalue weighted by Crippen LogP contribution is -2.54. The third-order valence-electron chi connectivity index (χ3n) is 8.39. The van der Waals surface area contributed by atoms with E-state index in [1.165, 1.54) is 24.8 Å². The van der Waals surface area contributed by atoms with Gasteiger partial charge in [-0.1, -0.05) is 25.5 Å². The highest BCUT2D eigenvalue weighted by molar-refractivity contribution is 5.65. The molecule has 4 unspecified atom stereocenters. The average molecular weight is 333 g/mol. The van der Waals surface area contributed by atoms with Crippen LogP contribution in [-0.2, 0) is 0 Å². The van der Waals surface area contributed by atoms with Gasteiger partial charge in [-0.25, -0.2) is 4.79 Å². The van der Waals surface area contributed by atoms with E-state index in [-0.39, 0.29) is 23.0 Å². The Morgan fingerprint density at radius 2 is 1.92 bits per heavy atom. The van der Waals surface area contributed by atoms with Gasteiger partial charge in [-0.15, -0.1) is 0 Å². The third kappa shape index (κ3) is 2.25. The Morgan fingerprint density at radius 3 is 2.67 bits per heavy atom. The van der Waals surface area contributed by atoms with Crippen molar-refractivity contribution in [1.29, 1.82) is 0 Å². The van der Waals surface area contributed by atoms with Gasteiger partial charge in [0.1, 0.15) is 0 Å². The summed E-state index contributed by atoms with van der Waals surface area (Å²) in [7, 11) is 0. The minimum Gasteiger partial charge on any atom is -0.465 e. The summed E-state index contributed by atoms with van der Waals surface area (Å²) in [5.74, 6) is 2.09. The molecule has 3 fully saturated rings. The molecule has 0 aliphatic heterocycles. The fourth-order valence-corrected chi connectivity index (χ4v) is 7.10. The summed E-state index contributed by atoms with van der Waals surface area (Å²) in [5.41, 5.74) is 1.90. The number of amides is 1. The van der Waals surface area contributed by atoms with E-state index < -0.39 is 6.09 Å². The zero-order valence-electron chi connectivity index (χ0n) is 14.9. The Morgan fingerprint density at radius 1 is 1.12 bits per heavy atom. The summed E-state index contributed by atoms with van der Waals surface area (Å²) < 4.78 is 0. The highest BCUT2D eigenvalue weighted by Gasteiger charge is 2.59. The summed E-state index contributed by atoms with van der Waals surface area (Å²) >= 11 is 0. The molecule has 3 N–H and O–H groups in total. The quantitative estimate of drug-likeness (QED) is 0.636. The van der Waals surface area contributed by atoms with Crippen LogP contribution in [0.2, 0.25) is 0 Å². The second-order valence-electron chi connectivity index (χ2n) is 9.25. The molecule has 0 saturated heterocycles. The number of fused-ring (bicyclic) bond motifs is 5. The molecule has 24 heavy (non-hydrogen) atoms. The molecule has 4 rings (SSSR count). The number of hydrogen-bond acceptors (Lipinski definition) is 2. The molecule has 0 spiro atoms. The zero-order chi connectivity index (χ0) is 17.1. The predicted octanol–water partition coefficient (Wildman–Crippen LogP) is 3.95. The van der Waals surface area contributed by atoms with Gasteiger partial charge in [0.15, 0.2) is 0 Å². The maximum Gasteiger partial charge on any atom is 0.404 e. The molecule has 1 amide bonds. The molecule has 3 saturated carbocycles. The van der Waals surface area contributed by atoms with E-state index in [4.69, 9.17) is 0 Å². The molecule has 4 nitrogen and oxygen atoms in total. The standard InChI is InChI=1S/C20H31NO3/c1-19-9-7-13(22)11-12(19)3-4-14-15-5-6-17(21-18(23)24)20(15,2)10-8-16(14)19/h11,13-17,21-22H,3-10H2,1-2H3,(H,23,24)/t13-,14?,15?,16?,17?,19+,20+/m1/s1. The molecule has 0 aromatic heterocycles. The SMILES string of the molecule is C[C@]12CCC3C(CCC4=C[C@H](O)CC[C@@]43C)C1CCC2NC(=O)O. The summed E-state index contributed by atoms with van der Waals surface area (Å²) in [6, 6.07) is 0.124. The molecule has 7 atom stereocenters. The minimum atomic E-state index is -0.869. The van der Waals surface area contributed by atoms with Crippen molar-refractivity contribution in [1.82, 2.24) is 5.32 Å². The third-order valence-corrected chi connectivity index (χ3v) is 8.39. The largest absolute Gasteiger partial charge is 0.465 e. The molecule has 4 heteroatoms. The second-order valence-corrected chi connectivity index (χ2v) is 9.25. The van der Waals surface area contributed by atoms with E-state index in [1.807, 2.05) is 0 Å². The highest BCUT2D eigenvalue weighted by atomic mass is 16.4. The molecular weight excluding hydrogens is 302 g/mol. The first-order chi connectivity index (χ1) is 11.3. The van der Waals surface area contributed by atoms with Gasteiger partial charge in [-0.2, -0.15) is 0 Å². The van der Waals surface area contributed by atoms with Crippen molar-refractivity contribution >= 4 is 6.09 Å². The van der Waals surface area contributed by atoms with Crippen LogP contribution in [0.15, 0.2) is 11.6 Å². The van der Waals surface area contributed by atoms with Crippen LogP contribution in [0.25, 0.3) is 0 Å². The van der Waals surface area contributed by atoms with E-state index in [2.05, 4.69) is 25.2 Å². The Bertz CT molecular complexity index is 573. The van der Waals surface area contributed by atoms with Crippen molar-refractivity contribution in [3.8, 4) is 0 Å². The van der Waals surface area contributed by atoms with Gasteiger partial charge in [-0.05, 0) is 80.0 Å². The van der Waals surface area contributed by atoms with Crippen molar-refractivity contribution < 1.29 is 15.0 Å². The first kappa shape index (κ1) is 16.4. The van der Waals surface area contributed by atoms with E-state index in [0.29, 0.717) is 11.8 Å². The lowest BCUT2D eigenvalue weighted by molar-refractivity contribution is -0.0480. The number of nitrogens with one attached hydrogen (secondary N) is 1. The van der Waals surface area contributed by atoms with Gasteiger partial charge in [0, 0.05) is 6.04 Å². The van der Waals surface area contributed by atoms with Crippen LogP contribution >= 0.6 is 0 Å². The molecule has 134 valence electrons. The number of aliphatic hydroxyl groups excluding tert-OH is 1. The first-order valence-electron chi connectivity index (χ1n) is 9.73. The van der Waals surface area contributed by atoms with E-state index in [0.717, 1.165) is 38.0 Å². The zero-order valence-corrected chi connectivity index (χ0v) is 14.9. The Labute approximate surface area is 144 Å². The average Bonchev–Trinajstić information content (AvgIpc) is 2.84. The second kappa shape index (κ2) is 5.48. The van der Waals surface area contributed by atoms with Crippen LogP contribution in [0, 0.1) is 28.6 Å². The fourth-order valence-electron chi connectivity index (χ4n) is 7.10. The van der Waals surface area contributed by atoms with Gasteiger partial charge in [0.25, 0.3) is 0 Å². The van der Waals surface area contributed by atoms with Gasteiger partial charge >= 0.3 is 6.09 Å². The van der Waals surface area contributed by atoms with Crippen LogP contribution in [0.1, 0.15) is 65.2 Å². The van der Waals surface area contributed by atoms with Crippen LogP contribution in [0.4, 0.5) is 4.79 Å². The Hall–Kier alpha value is -1.03. The highest BCUT2D eigenvalue weighted by Crippen LogP contribution is 2.65. The maximum atomic E-state index is 11.2. The van der Waals surface area contributed by atoms with Crippen molar-refractivity contribution in [3.05, 3.63) is 11.6 Å². The van der Waals surface area contributed by atoms with E-state index in [1.54, 1.807) is 0 Å². The van der Waals surface area contributed by atoms with Crippen molar-refractivity contribution in [2.45, 2.75) is 77.4 Å². The van der Waals surface area contributed by atoms with Gasteiger partial charge < -0.3 is 15.5 Å². The normalized spacial score (nSPS) is 50.3. The van der Waals surface area contributed by atoms with E-state index in [9.17, 15) is 15.0 Å². The number of hydrogen-bond donors (Lipinski definition) is 3. The van der Waals surface area contributed by atoms with E-state index >= 15 is 0 Å². The van der Waals surface area contributed by atoms with Gasteiger partial charge in [-0.3, -0.25) is 0 Å². The predicted molar refractivity (Wildman–Crippen MR) is 92.7 cm³/mol. The molecular formula is C20H31NO3. The molecule has 0 aromatic carbocycles. The smallest absolute Gasteiger partial charge is 0.404 e. The molecule has 0 aromatic rings. The van der Waals surface area contributed by atoms with Crippen LogP contribution in [0.3, 0.4) is 0 Å². The molecule has 0 radical (unpaired) electrons. The van der Waals surface area contributed by atoms with Crippen molar-refractivity contribution in [2.75, 3.05) is 0 Å². The van der Waals surface area contributed by atoms with Crippen LogP contribution < -0.4 is 5.32 Å². The monoisotopic (exact) mass is 333 g/mol. The van der Waals surface area contributed by atoms with Crippen molar-refractivity contribution in [2.24, 2.45) is 28.6 Å². The minimum absolute atomic E-state index is 0.124.